The average molecular weight is 579 g/mol. The first-order valence-corrected chi connectivity index (χ1v) is 15.9. The summed E-state index contributed by atoms with van der Waals surface area (Å²) in [5.41, 5.74) is 14.4. The van der Waals surface area contributed by atoms with E-state index >= 15 is 0 Å². The molecule has 0 bridgehead atoms. The average Bonchev–Trinajstić information content (AvgIpc) is 3.12. The summed E-state index contributed by atoms with van der Waals surface area (Å²) in [6.07, 6.45) is 19.3. The van der Waals surface area contributed by atoms with Gasteiger partial charge in [0.2, 0.25) is 0 Å². The second-order valence-corrected chi connectivity index (χ2v) is 12.1. The Morgan fingerprint density at radius 1 is 0.622 bits per heavy atom. The predicted octanol–water partition coefficient (Wildman–Crippen LogP) is 11.1. The zero-order valence-electron chi connectivity index (χ0n) is 25.4. The fourth-order valence-corrected chi connectivity index (χ4v) is 7.44. The van der Waals surface area contributed by atoms with Crippen molar-refractivity contribution in [1.82, 2.24) is 9.97 Å². The van der Waals surface area contributed by atoms with E-state index in [0.29, 0.717) is 5.92 Å². The number of fused-ring (bicyclic) bond motifs is 2. The minimum absolute atomic E-state index is 0.287. The quantitative estimate of drug-likeness (QED) is 0.203. The fourth-order valence-electron chi connectivity index (χ4n) is 7.44. The Morgan fingerprint density at radius 3 is 2.04 bits per heavy atom. The van der Waals surface area contributed by atoms with Gasteiger partial charge in [0.15, 0.2) is 0 Å². The maximum absolute atomic E-state index is 4.27. The molecule has 2 aliphatic rings. The van der Waals surface area contributed by atoms with Crippen LogP contribution in [0.5, 0.6) is 0 Å². The normalized spacial score (nSPS) is 17.4. The number of benzene rings is 4. The lowest BCUT2D eigenvalue weighted by molar-refractivity contribution is 0.669. The summed E-state index contributed by atoms with van der Waals surface area (Å²) in [5, 5.41) is 2.60. The third-order valence-corrected chi connectivity index (χ3v) is 9.56. The van der Waals surface area contributed by atoms with E-state index in [-0.39, 0.29) is 5.92 Å². The Hall–Kier alpha value is -5.34. The van der Waals surface area contributed by atoms with Gasteiger partial charge in [-0.25, -0.2) is 0 Å². The van der Waals surface area contributed by atoms with Crippen LogP contribution in [0.3, 0.4) is 0 Å². The Labute approximate surface area is 265 Å². The SMILES string of the molecule is CC1c2c(c(-c3cccc(-c4ccncc4)c3)c3ccccc3c2C2=CCCC(c3ccncc3)=C2)C=CC1c1ccccc1. The topological polar surface area (TPSA) is 25.8 Å². The molecule has 0 saturated heterocycles. The molecular weight excluding hydrogens is 544 g/mol. The Bertz CT molecular complexity index is 2100. The summed E-state index contributed by atoms with van der Waals surface area (Å²) in [4.78, 5) is 8.52. The molecule has 4 aromatic carbocycles. The number of hydrogen-bond acceptors (Lipinski definition) is 2. The first kappa shape index (κ1) is 27.2. The van der Waals surface area contributed by atoms with E-state index in [1.807, 2.05) is 24.8 Å². The van der Waals surface area contributed by atoms with Crippen molar-refractivity contribution in [2.75, 3.05) is 0 Å². The summed E-state index contributed by atoms with van der Waals surface area (Å²) >= 11 is 0. The Balaban J connectivity index is 1.40. The molecule has 8 rings (SSSR count). The molecule has 2 unspecified atom stereocenters. The maximum atomic E-state index is 4.27. The molecule has 2 heterocycles. The van der Waals surface area contributed by atoms with Gasteiger partial charge in [-0.1, -0.05) is 104 Å². The molecule has 2 heteroatoms. The van der Waals surface area contributed by atoms with Crippen LogP contribution in [-0.4, -0.2) is 9.97 Å². The summed E-state index contributed by atoms with van der Waals surface area (Å²) in [6.45, 7) is 2.42. The smallest absolute Gasteiger partial charge is 0.0273 e. The summed E-state index contributed by atoms with van der Waals surface area (Å²) in [7, 11) is 0. The molecule has 2 aliphatic carbocycles. The highest BCUT2D eigenvalue weighted by Gasteiger charge is 2.31. The molecule has 216 valence electrons. The van der Waals surface area contributed by atoms with Crippen molar-refractivity contribution in [2.45, 2.75) is 31.6 Å². The number of hydrogen-bond donors (Lipinski definition) is 0. The number of allylic oxidation sites excluding steroid dienone is 5. The zero-order chi connectivity index (χ0) is 30.2. The molecule has 0 spiro atoms. The van der Waals surface area contributed by atoms with Gasteiger partial charge in [0.25, 0.3) is 0 Å². The highest BCUT2D eigenvalue weighted by Crippen LogP contribution is 2.51. The highest BCUT2D eigenvalue weighted by molar-refractivity contribution is 6.10. The number of rotatable bonds is 5. The molecule has 2 atom stereocenters. The van der Waals surface area contributed by atoms with Crippen molar-refractivity contribution < 1.29 is 0 Å². The molecule has 2 aromatic heterocycles. The Kier molecular flexibility index (Phi) is 7.04. The van der Waals surface area contributed by atoms with Gasteiger partial charge in [0.05, 0.1) is 0 Å². The van der Waals surface area contributed by atoms with E-state index in [4.69, 9.17) is 0 Å². The van der Waals surface area contributed by atoms with Gasteiger partial charge in [0, 0.05) is 30.7 Å². The number of pyridine rings is 2. The molecule has 0 N–H and O–H groups in total. The second kappa shape index (κ2) is 11.6. The van der Waals surface area contributed by atoms with Crippen molar-refractivity contribution in [2.24, 2.45) is 0 Å². The van der Waals surface area contributed by atoms with Crippen LogP contribution in [0.15, 0.2) is 146 Å². The van der Waals surface area contributed by atoms with Crippen LogP contribution >= 0.6 is 0 Å². The van der Waals surface area contributed by atoms with Crippen LogP contribution in [-0.2, 0) is 0 Å². The summed E-state index contributed by atoms with van der Waals surface area (Å²) in [6, 6.07) is 37.5. The first-order chi connectivity index (χ1) is 22.3. The van der Waals surface area contributed by atoms with Crippen molar-refractivity contribution in [3.05, 3.63) is 174 Å². The van der Waals surface area contributed by atoms with E-state index in [1.54, 1.807) is 0 Å². The standard InChI is InChI=1S/C43H34N2/c1-29-37(32-9-3-2-4-10-32)17-18-40-41(29)43(36-14-8-12-34(28-36)31-21-25-45-26-22-31)39-16-6-5-15-38(39)42(40)35-13-7-11-33(27-35)30-19-23-44-24-20-30/h2-7,9-11,13-29,37H,8,12H2,1H3. The van der Waals surface area contributed by atoms with Crippen LogP contribution in [0.2, 0.25) is 0 Å². The fraction of sp³-hybridized carbons (Fsp3) is 0.116. The van der Waals surface area contributed by atoms with Crippen molar-refractivity contribution >= 4 is 28.0 Å². The van der Waals surface area contributed by atoms with Crippen molar-refractivity contribution in [3.8, 4) is 22.3 Å². The summed E-state index contributed by atoms with van der Waals surface area (Å²) in [5.74, 6) is 0.581. The van der Waals surface area contributed by atoms with E-state index < -0.39 is 0 Å². The van der Waals surface area contributed by atoms with Crippen LogP contribution in [0.4, 0.5) is 0 Å². The van der Waals surface area contributed by atoms with Crippen LogP contribution < -0.4 is 0 Å². The molecule has 0 aliphatic heterocycles. The monoisotopic (exact) mass is 578 g/mol. The van der Waals surface area contributed by atoms with Crippen molar-refractivity contribution in [3.63, 3.8) is 0 Å². The van der Waals surface area contributed by atoms with Crippen molar-refractivity contribution in [1.29, 1.82) is 0 Å². The minimum Gasteiger partial charge on any atom is -0.265 e. The van der Waals surface area contributed by atoms with E-state index in [9.17, 15) is 0 Å². The zero-order valence-corrected chi connectivity index (χ0v) is 25.4. The molecule has 0 fully saturated rings. The van der Waals surface area contributed by atoms with E-state index in [0.717, 1.165) is 12.8 Å². The third-order valence-electron chi connectivity index (χ3n) is 9.56. The van der Waals surface area contributed by atoms with Gasteiger partial charge in [0.1, 0.15) is 0 Å². The third kappa shape index (κ3) is 4.93. The number of aromatic nitrogens is 2. The van der Waals surface area contributed by atoms with Gasteiger partial charge in [-0.3, -0.25) is 9.97 Å². The van der Waals surface area contributed by atoms with E-state index in [1.165, 1.54) is 72.0 Å². The minimum atomic E-state index is 0.287. The molecule has 0 saturated carbocycles. The van der Waals surface area contributed by atoms with Gasteiger partial charge in [-0.15, -0.1) is 0 Å². The molecule has 0 radical (unpaired) electrons. The van der Waals surface area contributed by atoms with Gasteiger partial charge in [-0.05, 0) is 121 Å². The molecule has 0 amide bonds. The Morgan fingerprint density at radius 2 is 1.29 bits per heavy atom. The molecular formula is C43H34N2. The number of nitrogens with zero attached hydrogens (tertiary/aromatic N) is 2. The summed E-state index contributed by atoms with van der Waals surface area (Å²) < 4.78 is 0. The molecule has 6 aromatic rings. The molecule has 45 heavy (non-hydrogen) atoms. The van der Waals surface area contributed by atoms with Crippen LogP contribution in [0.25, 0.3) is 50.2 Å². The lowest BCUT2D eigenvalue weighted by Gasteiger charge is -2.33. The maximum Gasteiger partial charge on any atom is 0.0273 e. The van der Waals surface area contributed by atoms with Crippen LogP contribution in [0, 0.1) is 0 Å². The van der Waals surface area contributed by atoms with Gasteiger partial charge < -0.3 is 0 Å². The van der Waals surface area contributed by atoms with Gasteiger partial charge >= 0.3 is 0 Å². The molecule has 2 nitrogen and oxygen atoms in total. The lowest BCUT2D eigenvalue weighted by Crippen LogP contribution is -2.15. The van der Waals surface area contributed by atoms with E-state index in [2.05, 4.69) is 144 Å². The van der Waals surface area contributed by atoms with Gasteiger partial charge in [-0.2, -0.15) is 0 Å². The largest absolute Gasteiger partial charge is 0.265 e. The second-order valence-electron chi connectivity index (χ2n) is 12.1. The first-order valence-electron chi connectivity index (χ1n) is 15.9. The van der Waals surface area contributed by atoms with Crippen LogP contribution in [0.1, 0.15) is 59.4 Å². The highest BCUT2D eigenvalue weighted by atomic mass is 14.6. The lowest BCUT2D eigenvalue weighted by atomic mass is 9.70. The predicted molar refractivity (Wildman–Crippen MR) is 189 cm³/mol.